The first kappa shape index (κ1) is 14.0. The first-order chi connectivity index (χ1) is 11.0. The Morgan fingerprint density at radius 3 is 2.57 bits per heavy atom. The number of nitrogens with zero attached hydrogens (tertiary/aromatic N) is 2. The lowest BCUT2D eigenvalue weighted by atomic mass is 9.89. The molecule has 2 heterocycles. The fourth-order valence-electron chi connectivity index (χ4n) is 3.42. The minimum absolute atomic E-state index is 0.0583. The van der Waals surface area contributed by atoms with Crippen LogP contribution in [-0.2, 0) is 15.1 Å². The number of hydrogen-bond acceptors (Lipinski definition) is 3. The SMILES string of the molecule is Cc1ccc(C2=N[C@@H](C)[C@]3(O2)C(=O)N(C)c2ccccc23)cc1. The number of aryl methyl sites for hydroxylation is 1. The highest BCUT2D eigenvalue weighted by Gasteiger charge is 2.59. The van der Waals surface area contributed by atoms with Crippen LogP contribution in [0.5, 0.6) is 0 Å². The first-order valence-corrected chi connectivity index (χ1v) is 7.75. The lowest BCUT2D eigenvalue weighted by Gasteiger charge is -2.26. The molecule has 0 aliphatic carbocycles. The van der Waals surface area contributed by atoms with Crippen molar-refractivity contribution in [3.8, 4) is 0 Å². The van der Waals surface area contributed by atoms with E-state index in [9.17, 15) is 4.79 Å². The largest absolute Gasteiger partial charge is 0.453 e. The minimum atomic E-state index is -1.04. The standard InChI is InChI=1S/C19H18N2O2/c1-12-8-10-14(11-9-12)17-20-13(2)19(23-17)15-6-4-5-7-16(15)21(3)18(19)22/h4-11,13H,1-3H3/t13-,19+/m0/s1. The second-order valence-corrected chi connectivity index (χ2v) is 6.20. The van der Waals surface area contributed by atoms with E-state index >= 15 is 0 Å². The van der Waals surface area contributed by atoms with Gasteiger partial charge in [0.05, 0.1) is 5.69 Å². The van der Waals surface area contributed by atoms with E-state index in [4.69, 9.17) is 4.74 Å². The molecule has 2 aromatic rings. The van der Waals surface area contributed by atoms with Gasteiger partial charge in [-0.25, -0.2) is 4.99 Å². The maximum absolute atomic E-state index is 13.0. The smallest absolute Gasteiger partial charge is 0.278 e. The molecule has 2 aliphatic rings. The van der Waals surface area contributed by atoms with Crippen LogP contribution in [0.2, 0.25) is 0 Å². The number of aliphatic imine (C=N–C) groups is 1. The van der Waals surface area contributed by atoms with Crippen LogP contribution >= 0.6 is 0 Å². The molecule has 23 heavy (non-hydrogen) atoms. The molecular formula is C19H18N2O2. The Morgan fingerprint density at radius 1 is 1.13 bits per heavy atom. The van der Waals surface area contributed by atoms with Gasteiger partial charge in [-0.1, -0.05) is 35.9 Å². The molecule has 0 unspecified atom stereocenters. The van der Waals surface area contributed by atoms with Crippen molar-refractivity contribution in [2.75, 3.05) is 11.9 Å². The quantitative estimate of drug-likeness (QED) is 0.812. The molecule has 1 amide bonds. The Labute approximate surface area is 135 Å². The molecule has 0 saturated carbocycles. The second-order valence-electron chi connectivity index (χ2n) is 6.20. The van der Waals surface area contributed by atoms with Gasteiger partial charge >= 0.3 is 0 Å². The van der Waals surface area contributed by atoms with Crippen LogP contribution in [0, 0.1) is 6.92 Å². The van der Waals surface area contributed by atoms with Gasteiger partial charge in [0.15, 0.2) is 0 Å². The topological polar surface area (TPSA) is 41.9 Å². The van der Waals surface area contributed by atoms with E-state index in [0.29, 0.717) is 5.90 Å². The number of anilines is 1. The van der Waals surface area contributed by atoms with Crippen molar-refractivity contribution >= 4 is 17.5 Å². The van der Waals surface area contributed by atoms with E-state index in [1.54, 1.807) is 11.9 Å². The molecule has 0 fully saturated rings. The minimum Gasteiger partial charge on any atom is -0.453 e. The highest BCUT2D eigenvalue weighted by atomic mass is 16.5. The fourth-order valence-corrected chi connectivity index (χ4v) is 3.42. The van der Waals surface area contributed by atoms with Crippen molar-refractivity contribution in [2.45, 2.75) is 25.5 Å². The lowest BCUT2D eigenvalue weighted by Crippen LogP contribution is -2.45. The predicted molar refractivity (Wildman–Crippen MR) is 89.8 cm³/mol. The van der Waals surface area contributed by atoms with E-state index in [1.165, 1.54) is 5.56 Å². The summed E-state index contributed by atoms with van der Waals surface area (Å²) in [5, 5.41) is 0. The summed E-state index contributed by atoms with van der Waals surface area (Å²) >= 11 is 0. The molecule has 2 aromatic carbocycles. The Morgan fingerprint density at radius 2 is 1.83 bits per heavy atom. The molecule has 116 valence electrons. The molecule has 4 heteroatoms. The third-order valence-electron chi connectivity index (χ3n) is 4.74. The fraction of sp³-hybridized carbons (Fsp3) is 0.263. The molecule has 0 aromatic heterocycles. The van der Waals surface area contributed by atoms with Gasteiger partial charge in [0.2, 0.25) is 11.5 Å². The average molecular weight is 306 g/mol. The van der Waals surface area contributed by atoms with Crippen molar-refractivity contribution in [1.29, 1.82) is 0 Å². The van der Waals surface area contributed by atoms with E-state index in [0.717, 1.165) is 16.8 Å². The van der Waals surface area contributed by atoms with Gasteiger partial charge in [0.1, 0.15) is 6.04 Å². The summed E-state index contributed by atoms with van der Waals surface area (Å²) in [6.45, 7) is 3.98. The number of rotatable bonds is 1. The maximum Gasteiger partial charge on any atom is 0.278 e. The van der Waals surface area contributed by atoms with Gasteiger partial charge in [-0.2, -0.15) is 0 Å². The molecule has 0 radical (unpaired) electrons. The molecule has 1 spiro atoms. The first-order valence-electron chi connectivity index (χ1n) is 7.75. The number of hydrogen-bond donors (Lipinski definition) is 0. The van der Waals surface area contributed by atoms with Crippen LogP contribution < -0.4 is 4.90 Å². The zero-order valence-corrected chi connectivity index (χ0v) is 13.4. The van der Waals surface area contributed by atoms with Gasteiger partial charge in [0.25, 0.3) is 5.91 Å². The molecule has 0 saturated heterocycles. The molecular weight excluding hydrogens is 288 g/mol. The molecule has 4 rings (SSSR count). The van der Waals surface area contributed by atoms with Crippen LogP contribution in [0.4, 0.5) is 5.69 Å². The van der Waals surface area contributed by atoms with Crippen molar-refractivity contribution in [3.05, 3.63) is 65.2 Å². The monoisotopic (exact) mass is 306 g/mol. The van der Waals surface area contributed by atoms with Gasteiger partial charge in [-0.05, 0) is 32.0 Å². The zero-order valence-electron chi connectivity index (χ0n) is 13.4. The number of fused-ring (bicyclic) bond motifs is 2. The van der Waals surface area contributed by atoms with Crippen LogP contribution in [0.3, 0.4) is 0 Å². The third kappa shape index (κ3) is 1.78. The van der Waals surface area contributed by atoms with Crippen molar-refractivity contribution in [3.63, 3.8) is 0 Å². The van der Waals surface area contributed by atoms with E-state index in [1.807, 2.05) is 62.4 Å². The normalized spacial score (nSPS) is 25.5. The summed E-state index contributed by atoms with van der Waals surface area (Å²) in [5.74, 6) is 0.480. The van der Waals surface area contributed by atoms with Crippen molar-refractivity contribution < 1.29 is 9.53 Å². The average Bonchev–Trinajstić information content (AvgIpc) is 3.01. The lowest BCUT2D eigenvalue weighted by molar-refractivity contribution is -0.133. The van der Waals surface area contributed by atoms with Gasteiger partial charge in [-0.15, -0.1) is 0 Å². The number of carbonyl (C=O) groups excluding carboxylic acids is 1. The Bertz CT molecular complexity index is 826. The Kier molecular flexibility index (Phi) is 2.85. The Hall–Kier alpha value is -2.62. The van der Waals surface area contributed by atoms with E-state index in [2.05, 4.69) is 4.99 Å². The third-order valence-corrected chi connectivity index (χ3v) is 4.74. The number of para-hydroxylation sites is 1. The number of benzene rings is 2. The van der Waals surface area contributed by atoms with Crippen LogP contribution in [0.25, 0.3) is 0 Å². The number of likely N-dealkylation sites (N-methyl/N-ethyl adjacent to an activating group) is 1. The molecule has 4 nitrogen and oxygen atoms in total. The zero-order chi connectivity index (χ0) is 16.2. The summed E-state index contributed by atoms with van der Waals surface area (Å²) in [7, 11) is 1.79. The van der Waals surface area contributed by atoms with Gasteiger partial charge in [0, 0.05) is 18.2 Å². The number of carbonyl (C=O) groups is 1. The predicted octanol–water partition coefficient (Wildman–Crippen LogP) is 3.03. The highest BCUT2D eigenvalue weighted by molar-refractivity contribution is 6.10. The summed E-state index contributed by atoms with van der Waals surface area (Å²) < 4.78 is 6.22. The summed E-state index contributed by atoms with van der Waals surface area (Å²) in [4.78, 5) is 19.3. The number of amides is 1. The van der Waals surface area contributed by atoms with Crippen molar-refractivity contribution in [1.82, 2.24) is 0 Å². The summed E-state index contributed by atoms with van der Waals surface area (Å²) in [6, 6.07) is 15.5. The molecule has 2 aliphatic heterocycles. The summed E-state index contributed by atoms with van der Waals surface area (Å²) in [6.07, 6.45) is 0. The molecule has 2 atom stereocenters. The van der Waals surface area contributed by atoms with Crippen LogP contribution in [0.1, 0.15) is 23.6 Å². The van der Waals surface area contributed by atoms with E-state index in [-0.39, 0.29) is 11.9 Å². The molecule has 0 bridgehead atoms. The highest BCUT2D eigenvalue weighted by Crippen LogP contribution is 2.48. The maximum atomic E-state index is 13.0. The van der Waals surface area contributed by atoms with E-state index < -0.39 is 5.60 Å². The van der Waals surface area contributed by atoms with Crippen molar-refractivity contribution in [2.24, 2.45) is 4.99 Å². The van der Waals surface area contributed by atoms with Crippen LogP contribution in [0.15, 0.2) is 53.5 Å². The van der Waals surface area contributed by atoms with Gasteiger partial charge < -0.3 is 9.64 Å². The number of ether oxygens (including phenoxy) is 1. The Balaban J connectivity index is 1.80. The van der Waals surface area contributed by atoms with Gasteiger partial charge in [-0.3, -0.25) is 4.79 Å². The molecule has 0 N–H and O–H groups in total. The van der Waals surface area contributed by atoms with Crippen LogP contribution in [-0.4, -0.2) is 24.9 Å². The summed E-state index contributed by atoms with van der Waals surface area (Å²) in [5.41, 5.74) is 2.83. The second kappa shape index (κ2) is 4.69.